The topological polar surface area (TPSA) is 52.0 Å². The summed E-state index contributed by atoms with van der Waals surface area (Å²) in [5, 5.41) is 8.18. The summed E-state index contributed by atoms with van der Waals surface area (Å²) < 4.78 is 7.46. The molecule has 0 aliphatic carbocycles. The van der Waals surface area contributed by atoms with Gasteiger partial charge in [-0.3, -0.25) is 0 Å². The van der Waals surface area contributed by atoms with E-state index in [0.717, 1.165) is 21.9 Å². The van der Waals surface area contributed by atoms with Gasteiger partial charge in [0, 0.05) is 10.6 Å². The molecule has 2 aromatic carbocycles. The zero-order chi connectivity index (χ0) is 15.2. The lowest BCUT2D eigenvalue weighted by molar-refractivity contribution is 0.306. The summed E-state index contributed by atoms with van der Waals surface area (Å²) >= 11 is 6.10. The van der Waals surface area contributed by atoms with Crippen LogP contribution in [0.15, 0.2) is 61.2 Å². The van der Waals surface area contributed by atoms with Gasteiger partial charge in [0.05, 0.1) is 6.54 Å². The Labute approximate surface area is 133 Å². The number of halogens is 1. The van der Waals surface area contributed by atoms with E-state index in [-0.39, 0.29) is 0 Å². The van der Waals surface area contributed by atoms with Crippen LogP contribution in [-0.4, -0.2) is 14.9 Å². The van der Waals surface area contributed by atoms with E-state index in [9.17, 15) is 0 Å². The van der Waals surface area contributed by atoms with E-state index >= 15 is 0 Å². The number of benzene rings is 2. The smallest absolute Gasteiger partial charge is 0.138 e. The van der Waals surface area contributed by atoms with Gasteiger partial charge in [0.2, 0.25) is 0 Å². The Morgan fingerprint density at radius 2 is 1.73 bits per heavy atom. The normalized spacial score (nSPS) is 10.4. The van der Waals surface area contributed by atoms with Gasteiger partial charge in [-0.25, -0.2) is 4.68 Å². The minimum Gasteiger partial charge on any atom is -0.489 e. The Balaban J connectivity index is 1.54. The van der Waals surface area contributed by atoms with E-state index in [2.05, 4.69) is 15.6 Å². The van der Waals surface area contributed by atoms with Crippen molar-refractivity contribution >= 4 is 11.6 Å². The van der Waals surface area contributed by atoms with Crippen LogP contribution in [0.5, 0.6) is 5.75 Å². The van der Waals surface area contributed by atoms with Crippen LogP contribution in [0.1, 0.15) is 11.1 Å². The van der Waals surface area contributed by atoms with E-state index < -0.39 is 0 Å². The number of nitrogens with one attached hydrogen (secondary N) is 1. The molecule has 0 unspecified atom stereocenters. The van der Waals surface area contributed by atoms with Crippen molar-refractivity contribution in [3.63, 3.8) is 0 Å². The van der Waals surface area contributed by atoms with Crippen LogP contribution in [0, 0.1) is 0 Å². The van der Waals surface area contributed by atoms with Gasteiger partial charge in [0.1, 0.15) is 25.0 Å². The van der Waals surface area contributed by atoms with Crippen LogP contribution in [-0.2, 0) is 13.2 Å². The van der Waals surface area contributed by atoms with Gasteiger partial charge in [-0.1, -0.05) is 41.9 Å². The van der Waals surface area contributed by atoms with Crippen LogP contribution >= 0.6 is 11.6 Å². The van der Waals surface area contributed by atoms with Crippen LogP contribution in [0.3, 0.4) is 0 Å². The third kappa shape index (κ3) is 3.77. The molecule has 0 amide bonds. The average Bonchev–Trinajstić information content (AvgIpc) is 3.07. The SMILES string of the molecule is Clc1ccccc1COc1ccc(CNn2cnnc2)cc1. The zero-order valence-corrected chi connectivity index (χ0v) is 12.6. The first-order valence-corrected chi connectivity index (χ1v) is 7.23. The molecular weight excluding hydrogens is 300 g/mol. The maximum atomic E-state index is 6.10. The Hall–Kier alpha value is -2.53. The molecule has 5 nitrogen and oxygen atoms in total. The Morgan fingerprint density at radius 1 is 1.00 bits per heavy atom. The Bertz CT molecular complexity index is 713. The van der Waals surface area contributed by atoms with Gasteiger partial charge in [-0.05, 0) is 23.8 Å². The highest BCUT2D eigenvalue weighted by atomic mass is 35.5. The predicted molar refractivity (Wildman–Crippen MR) is 85.3 cm³/mol. The first kappa shape index (κ1) is 14.4. The van der Waals surface area contributed by atoms with Crippen LogP contribution in [0.25, 0.3) is 0 Å². The molecule has 0 atom stereocenters. The lowest BCUT2D eigenvalue weighted by atomic mass is 10.2. The molecule has 0 saturated heterocycles. The molecule has 3 rings (SSSR count). The second-order valence-electron chi connectivity index (χ2n) is 4.73. The molecule has 0 spiro atoms. The van der Waals surface area contributed by atoms with E-state index in [1.165, 1.54) is 0 Å². The maximum absolute atomic E-state index is 6.10. The van der Waals surface area contributed by atoms with Crippen LogP contribution < -0.4 is 10.2 Å². The lowest BCUT2D eigenvalue weighted by Crippen LogP contribution is -2.11. The van der Waals surface area contributed by atoms with Crippen molar-refractivity contribution in [2.45, 2.75) is 13.2 Å². The number of hydrogen-bond donors (Lipinski definition) is 1. The van der Waals surface area contributed by atoms with Crippen molar-refractivity contribution in [1.82, 2.24) is 14.9 Å². The molecule has 1 heterocycles. The van der Waals surface area contributed by atoms with Crippen molar-refractivity contribution in [2.75, 3.05) is 5.43 Å². The minimum absolute atomic E-state index is 0.456. The van der Waals surface area contributed by atoms with Crippen molar-refractivity contribution < 1.29 is 4.74 Å². The molecule has 1 aromatic heterocycles. The molecule has 3 aromatic rings. The van der Waals surface area contributed by atoms with Gasteiger partial charge < -0.3 is 10.2 Å². The summed E-state index contributed by atoms with van der Waals surface area (Å²) in [7, 11) is 0. The molecule has 0 saturated carbocycles. The summed E-state index contributed by atoms with van der Waals surface area (Å²) in [6.45, 7) is 1.14. The first-order valence-electron chi connectivity index (χ1n) is 6.85. The fourth-order valence-electron chi connectivity index (χ4n) is 1.95. The van der Waals surface area contributed by atoms with Crippen molar-refractivity contribution in [1.29, 1.82) is 0 Å². The summed E-state index contributed by atoms with van der Waals surface area (Å²) in [5.41, 5.74) is 5.27. The van der Waals surface area contributed by atoms with Crippen molar-refractivity contribution in [2.24, 2.45) is 0 Å². The second-order valence-corrected chi connectivity index (χ2v) is 5.14. The van der Waals surface area contributed by atoms with Gasteiger partial charge in [0.15, 0.2) is 0 Å². The van der Waals surface area contributed by atoms with Gasteiger partial charge >= 0.3 is 0 Å². The third-order valence-electron chi connectivity index (χ3n) is 3.16. The summed E-state index contributed by atoms with van der Waals surface area (Å²) in [6, 6.07) is 15.6. The fourth-order valence-corrected chi connectivity index (χ4v) is 2.14. The molecule has 0 aliphatic heterocycles. The van der Waals surface area contributed by atoms with Gasteiger partial charge in [0.25, 0.3) is 0 Å². The van der Waals surface area contributed by atoms with Crippen LogP contribution in [0.2, 0.25) is 5.02 Å². The average molecular weight is 315 g/mol. The molecule has 0 aliphatic rings. The minimum atomic E-state index is 0.456. The largest absolute Gasteiger partial charge is 0.489 e. The Kier molecular flexibility index (Phi) is 4.56. The summed E-state index contributed by atoms with van der Waals surface area (Å²) in [6.07, 6.45) is 3.22. The highest BCUT2D eigenvalue weighted by molar-refractivity contribution is 6.31. The number of nitrogens with zero attached hydrogens (tertiary/aromatic N) is 3. The monoisotopic (exact) mass is 314 g/mol. The standard InChI is InChI=1S/C16H15ClN4O/c17-16-4-2-1-3-14(16)10-22-15-7-5-13(6-8-15)9-20-21-11-18-19-12-21/h1-8,11-12,20H,9-10H2. The van der Waals surface area contributed by atoms with Crippen LogP contribution in [0.4, 0.5) is 0 Å². The highest BCUT2D eigenvalue weighted by Crippen LogP contribution is 2.19. The van der Waals surface area contributed by atoms with Crippen molar-refractivity contribution in [3.05, 3.63) is 77.3 Å². The maximum Gasteiger partial charge on any atom is 0.138 e. The number of aromatic nitrogens is 3. The predicted octanol–water partition coefficient (Wildman–Crippen LogP) is 3.25. The first-order chi connectivity index (χ1) is 10.8. The van der Waals surface area contributed by atoms with E-state index in [0.29, 0.717) is 13.2 Å². The molecule has 1 N–H and O–H groups in total. The second kappa shape index (κ2) is 6.95. The molecule has 6 heteroatoms. The quantitative estimate of drug-likeness (QED) is 0.759. The summed E-state index contributed by atoms with van der Waals surface area (Å²) in [5.74, 6) is 0.813. The van der Waals surface area contributed by atoms with E-state index in [1.807, 2.05) is 48.5 Å². The zero-order valence-electron chi connectivity index (χ0n) is 11.8. The molecule has 22 heavy (non-hydrogen) atoms. The summed E-state index contributed by atoms with van der Waals surface area (Å²) in [4.78, 5) is 0. The number of ether oxygens (including phenoxy) is 1. The fraction of sp³-hybridized carbons (Fsp3) is 0.125. The Morgan fingerprint density at radius 3 is 2.45 bits per heavy atom. The van der Waals surface area contributed by atoms with Gasteiger partial charge in [-0.2, -0.15) is 0 Å². The molecule has 0 bridgehead atoms. The van der Waals surface area contributed by atoms with E-state index in [4.69, 9.17) is 16.3 Å². The number of rotatable bonds is 6. The molecular formula is C16H15ClN4O. The molecule has 0 fully saturated rings. The molecule has 0 radical (unpaired) electrons. The molecule has 112 valence electrons. The third-order valence-corrected chi connectivity index (χ3v) is 3.53. The lowest BCUT2D eigenvalue weighted by Gasteiger charge is -2.09. The van der Waals surface area contributed by atoms with Crippen molar-refractivity contribution in [3.8, 4) is 5.75 Å². The van der Waals surface area contributed by atoms with Gasteiger partial charge in [-0.15, -0.1) is 10.2 Å². The van der Waals surface area contributed by atoms with E-state index in [1.54, 1.807) is 17.3 Å². The highest BCUT2D eigenvalue weighted by Gasteiger charge is 2.01. The number of hydrogen-bond acceptors (Lipinski definition) is 4.